The van der Waals surface area contributed by atoms with Crippen LogP contribution in [0.25, 0.3) is 0 Å². The second kappa shape index (κ2) is 5.58. The van der Waals surface area contributed by atoms with Gasteiger partial charge in [-0.1, -0.05) is 26.7 Å². The Hall–Kier alpha value is -0.0400. The lowest BCUT2D eigenvalue weighted by Crippen LogP contribution is -2.14. The van der Waals surface area contributed by atoms with Crippen molar-refractivity contribution in [2.24, 2.45) is 11.8 Å². The van der Waals surface area contributed by atoms with Crippen LogP contribution in [-0.4, -0.2) is 13.1 Å². The molecule has 0 aromatic rings. The summed E-state index contributed by atoms with van der Waals surface area (Å²) in [6, 6.07) is 0. The molecule has 0 aromatic heterocycles. The average Bonchev–Trinajstić information content (AvgIpc) is 2.28. The zero-order valence-electron chi connectivity index (χ0n) is 8.60. The molecule has 1 nitrogen and oxygen atoms in total. The van der Waals surface area contributed by atoms with Gasteiger partial charge in [0.05, 0.1) is 0 Å². The van der Waals surface area contributed by atoms with Crippen molar-refractivity contribution in [3.05, 3.63) is 0 Å². The highest BCUT2D eigenvalue weighted by Crippen LogP contribution is 2.21. The van der Waals surface area contributed by atoms with E-state index in [1.165, 1.54) is 45.2 Å². The van der Waals surface area contributed by atoms with Crippen LogP contribution in [0.1, 0.15) is 46.0 Å². The van der Waals surface area contributed by atoms with E-state index in [-0.39, 0.29) is 0 Å². The van der Waals surface area contributed by atoms with Crippen molar-refractivity contribution in [3.63, 3.8) is 0 Å². The molecule has 0 spiro atoms. The van der Waals surface area contributed by atoms with E-state index in [9.17, 15) is 0 Å². The van der Waals surface area contributed by atoms with Crippen LogP contribution in [0, 0.1) is 11.8 Å². The van der Waals surface area contributed by atoms with Crippen LogP contribution in [-0.2, 0) is 0 Å². The quantitative estimate of drug-likeness (QED) is 0.685. The molecule has 0 radical (unpaired) electrons. The molecule has 0 bridgehead atoms. The summed E-state index contributed by atoms with van der Waals surface area (Å²) in [6.07, 6.45) is 7.14. The molecule has 0 aromatic carbocycles. The third-order valence-corrected chi connectivity index (χ3v) is 2.85. The van der Waals surface area contributed by atoms with E-state index in [4.69, 9.17) is 0 Å². The second-order valence-corrected chi connectivity index (χ2v) is 4.52. The fourth-order valence-corrected chi connectivity index (χ4v) is 1.95. The molecule has 0 saturated carbocycles. The smallest absolute Gasteiger partial charge is 0.00463 e. The van der Waals surface area contributed by atoms with Crippen molar-refractivity contribution >= 4 is 0 Å². The molecule has 1 heterocycles. The molecular formula is C11H23N. The van der Waals surface area contributed by atoms with Gasteiger partial charge in [0.15, 0.2) is 0 Å². The zero-order chi connectivity index (χ0) is 8.81. The van der Waals surface area contributed by atoms with Gasteiger partial charge in [-0.05, 0) is 44.2 Å². The fraction of sp³-hybridized carbons (Fsp3) is 1.00. The normalized spacial score (nSPS) is 25.8. The van der Waals surface area contributed by atoms with Gasteiger partial charge in [-0.15, -0.1) is 0 Å². The molecule has 1 aliphatic heterocycles. The van der Waals surface area contributed by atoms with E-state index in [0.717, 1.165) is 11.8 Å². The third-order valence-electron chi connectivity index (χ3n) is 2.85. The van der Waals surface area contributed by atoms with E-state index >= 15 is 0 Å². The molecule has 1 saturated heterocycles. The number of nitrogens with one attached hydrogen (secondary N) is 1. The molecule has 1 unspecified atom stereocenters. The van der Waals surface area contributed by atoms with Gasteiger partial charge in [-0.25, -0.2) is 0 Å². The Labute approximate surface area is 76.9 Å². The maximum Gasteiger partial charge on any atom is -0.00463 e. The first-order chi connectivity index (χ1) is 5.79. The summed E-state index contributed by atoms with van der Waals surface area (Å²) in [5.41, 5.74) is 0. The number of hydrogen-bond acceptors (Lipinski definition) is 1. The molecular weight excluding hydrogens is 146 g/mol. The molecule has 1 aliphatic rings. The van der Waals surface area contributed by atoms with Crippen molar-refractivity contribution in [2.75, 3.05) is 13.1 Å². The molecule has 1 N–H and O–H groups in total. The van der Waals surface area contributed by atoms with Gasteiger partial charge in [0.2, 0.25) is 0 Å². The lowest BCUT2D eigenvalue weighted by atomic mass is 9.92. The van der Waals surface area contributed by atoms with Gasteiger partial charge in [0.1, 0.15) is 0 Å². The monoisotopic (exact) mass is 169 g/mol. The van der Waals surface area contributed by atoms with Gasteiger partial charge < -0.3 is 5.32 Å². The largest absolute Gasteiger partial charge is 0.317 e. The Balaban J connectivity index is 2.12. The summed E-state index contributed by atoms with van der Waals surface area (Å²) in [5, 5.41) is 3.46. The van der Waals surface area contributed by atoms with E-state index in [2.05, 4.69) is 19.2 Å². The van der Waals surface area contributed by atoms with Gasteiger partial charge in [0, 0.05) is 0 Å². The summed E-state index contributed by atoms with van der Waals surface area (Å²) in [5.74, 6) is 1.91. The number of rotatable bonds is 3. The van der Waals surface area contributed by atoms with Crippen LogP contribution in [0.4, 0.5) is 0 Å². The topological polar surface area (TPSA) is 12.0 Å². The minimum atomic E-state index is 0.890. The number of hydrogen-bond donors (Lipinski definition) is 1. The maximum atomic E-state index is 3.46. The first kappa shape index (κ1) is 10.0. The van der Waals surface area contributed by atoms with Crippen molar-refractivity contribution in [3.8, 4) is 0 Å². The molecule has 1 fully saturated rings. The minimum Gasteiger partial charge on any atom is -0.317 e. The lowest BCUT2D eigenvalue weighted by Gasteiger charge is -2.14. The van der Waals surface area contributed by atoms with E-state index in [0.29, 0.717) is 0 Å². The van der Waals surface area contributed by atoms with Crippen LogP contribution >= 0.6 is 0 Å². The Morgan fingerprint density at radius 1 is 1.25 bits per heavy atom. The molecule has 0 amide bonds. The van der Waals surface area contributed by atoms with Crippen LogP contribution in [0.15, 0.2) is 0 Å². The molecule has 72 valence electrons. The second-order valence-electron chi connectivity index (χ2n) is 4.52. The molecule has 12 heavy (non-hydrogen) atoms. The Morgan fingerprint density at radius 3 is 2.83 bits per heavy atom. The first-order valence-electron chi connectivity index (χ1n) is 5.49. The standard InChI is InChI=1S/C11H23N/c1-10(2)5-6-11-4-3-8-12-9-7-11/h10-12H,3-9H2,1-2H3. The fourth-order valence-electron chi connectivity index (χ4n) is 1.95. The van der Waals surface area contributed by atoms with Crippen LogP contribution in [0.3, 0.4) is 0 Å². The van der Waals surface area contributed by atoms with Crippen LogP contribution in [0.2, 0.25) is 0 Å². The van der Waals surface area contributed by atoms with Crippen molar-refractivity contribution in [2.45, 2.75) is 46.0 Å². The van der Waals surface area contributed by atoms with Crippen LogP contribution in [0.5, 0.6) is 0 Å². The summed E-state index contributed by atoms with van der Waals surface area (Å²) in [4.78, 5) is 0. The SMILES string of the molecule is CC(C)CCC1CCCNCC1. The van der Waals surface area contributed by atoms with Crippen molar-refractivity contribution < 1.29 is 0 Å². The molecule has 0 aliphatic carbocycles. The Kier molecular flexibility index (Phi) is 4.67. The summed E-state index contributed by atoms with van der Waals surface area (Å²) < 4.78 is 0. The van der Waals surface area contributed by atoms with E-state index < -0.39 is 0 Å². The summed E-state index contributed by atoms with van der Waals surface area (Å²) in [7, 11) is 0. The molecule has 1 rings (SSSR count). The van der Waals surface area contributed by atoms with Crippen LogP contribution < -0.4 is 5.32 Å². The zero-order valence-corrected chi connectivity index (χ0v) is 8.60. The van der Waals surface area contributed by atoms with Gasteiger partial charge in [-0.2, -0.15) is 0 Å². The Morgan fingerprint density at radius 2 is 2.08 bits per heavy atom. The Bertz CT molecular complexity index is 102. The first-order valence-corrected chi connectivity index (χ1v) is 5.49. The summed E-state index contributed by atoms with van der Waals surface area (Å²) in [6.45, 7) is 7.16. The van der Waals surface area contributed by atoms with Gasteiger partial charge in [0.25, 0.3) is 0 Å². The molecule has 1 atom stereocenters. The maximum absolute atomic E-state index is 3.46. The average molecular weight is 169 g/mol. The van der Waals surface area contributed by atoms with E-state index in [1.807, 2.05) is 0 Å². The summed E-state index contributed by atoms with van der Waals surface area (Å²) >= 11 is 0. The van der Waals surface area contributed by atoms with Gasteiger partial charge >= 0.3 is 0 Å². The highest BCUT2D eigenvalue weighted by atomic mass is 14.8. The van der Waals surface area contributed by atoms with Crippen molar-refractivity contribution in [1.82, 2.24) is 5.32 Å². The van der Waals surface area contributed by atoms with Crippen molar-refractivity contribution in [1.29, 1.82) is 0 Å². The van der Waals surface area contributed by atoms with Gasteiger partial charge in [-0.3, -0.25) is 0 Å². The highest BCUT2D eigenvalue weighted by Gasteiger charge is 2.11. The van der Waals surface area contributed by atoms with E-state index in [1.54, 1.807) is 0 Å². The third kappa shape index (κ3) is 4.10. The minimum absolute atomic E-state index is 0.890. The highest BCUT2D eigenvalue weighted by molar-refractivity contribution is 4.67. The predicted octanol–water partition coefficient (Wildman–Crippen LogP) is 2.81. The molecule has 1 heteroatoms. The lowest BCUT2D eigenvalue weighted by molar-refractivity contribution is 0.392. The predicted molar refractivity (Wildman–Crippen MR) is 54.3 cm³/mol.